The molecule has 0 amide bonds. The third-order valence-electron chi connectivity index (χ3n) is 3.62. The molecule has 5 nitrogen and oxygen atoms in total. The van der Waals surface area contributed by atoms with Gasteiger partial charge < -0.3 is 13.9 Å². The fraction of sp³-hybridized carbons (Fsp3) is 0.429. The summed E-state index contributed by atoms with van der Waals surface area (Å²) in [5.74, 6) is 0.248. The van der Waals surface area contributed by atoms with Crippen molar-refractivity contribution in [3.63, 3.8) is 0 Å². The zero-order valence-corrected chi connectivity index (χ0v) is 12.2. The van der Waals surface area contributed by atoms with Crippen LogP contribution in [0.2, 0.25) is 5.02 Å². The highest BCUT2D eigenvalue weighted by molar-refractivity contribution is 6.31. The number of benzene rings is 1. The molecule has 1 aromatic heterocycles. The molecule has 1 aliphatic rings. The van der Waals surface area contributed by atoms with E-state index in [1.54, 1.807) is 19.2 Å². The lowest BCUT2D eigenvalue weighted by atomic mass is 10.0. The Labute approximate surface area is 126 Å². The lowest BCUT2D eigenvalue weighted by Gasteiger charge is -2.20. The highest BCUT2D eigenvalue weighted by Crippen LogP contribution is 2.33. The first-order valence-electron chi connectivity index (χ1n) is 6.53. The molecule has 1 aromatic carbocycles. The van der Waals surface area contributed by atoms with Crippen LogP contribution in [0.5, 0.6) is 0 Å². The molecule has 1 unspecified atom stereocenters. The van der Waals surface area contributed by atoms with Gasteiger partial charge in [0.2, 0.25) is 5.89 Å². The highest BCUT2D eigenvalue weighted by atomic mass is 35.5. The molecule has 112 valence electrons. The summed E-state index contributed by atoms with van der Waals surface area (Å²) in [6.45, 7) is 0.941. The summed E-state index contributed by atoms with van der Waals surface area (Å²) in [7, 11) is 1.58. The van der Waals surface area contributed by atoms with Gasteiger partial charge in [-0.2, -0.15) is 0 Å². The van der Waals surface area contributed by atoms with Crippen molar-refractivity contribution in [2.24, 2.45) is 0 Å². The Hall–Kier alpha value is -1.50. The lowest BCUT2D eigenvalue weighted by Crippen LogP contribution is -2.29. The molecule has 0 bridgehead atoms. The van der Waals surface area contributed by atoms with Crippen LogP contribution in [0.3, 0.4) is 0 Å². The predicted octanol–water partition coefficient (Wildman–Crippen LogP) is 2.71. The Morgan fingerprint density at radius 2 is 2.29 bits per heavy atom. The molecular formula is C14H14ClFN2O3. The normalized spacial score (nSPS) is 21.9. The van der Waals surface area contributed by atoms with E-state index in [-0.39, 0.29) is 6.42 Å². The summed E-state index contributed by atoms with van der Waals surface area (Å²) >= 11 is 5.99. The van der Waals surface area contributed by atoms with E-state index in [0.29, 0.717) is 42.0 Å². The van der Waals surface area contributed by atoms with Gasteiger partial charge in [0.15, 0.2) is 5.60 Å². The van der Waals surface area contributed by atoms with Crippen LogP contribution in [-0.4, -0.2) is 30.5 Å². The van der Waals surface area contributed by atoms with Crippen LogP contribution in [0, 0.1) is 5.82 Å². The molecule has 2 heterocycles. The minimum absolute atomic E-state index is 0.138. The lowest BCUT2D eigenvalue weighted by molar-refractivity contribution is -0.0416. The van der Waals surface area contributed by atoms with Crippen LogP contribution < -0.4 is 0 Å². The summed E-state index contributed by atoms with van der Waals surface area (Å²) in [6, 6.07) is 4.52. The van der Waals surface area contributed by atoms with Gasteiger partial charge in [0.05, 0.1) is 19.6 Å². The zero-order chi connectivity index (χ0) is 14.9. The molecule has 1 fully saturated rings. The van der Waals surface area contributed by atoms with Gasteiger partial charge in [0.25, 0.3) is 5.89 Å². The summed E-state index contributed by atoms with van der Waals surface area (Å²) < 4.78 is 30.2. The monoisotopic (exact) mass is 312 g/mol. The third kappa shape index (κ3) is 2.66. The van der Waals surface area contributed by atoms with Gasteiger partial charge in [0, 0.05) is 24.1 Å². The van der Waals surface area contributed by atoms with Crippen LogP contribution >= 0.6 is 11.6 Å². The second kappa shape index (κ2) is 5.71. The molecule has 0 N–H and O–H groups in total. The Morgan fingerprint density at radius 3 is 2.95 bits per heavy atom. The number of ether oxygens (including phenoxy) is 2. The quantitative estimate of drug-likeness (QED) is 0.869. The molecule has 3 rings (SSSR count). The van der Waals surface area contributed by atoms with Crippen molar-refractivity contribution in [3.8, 4) is 0 Å². The van der Waals surface area contributed by atoms with E-state index in [1.807, 2.05) is 0 Å². The number of aromatic nitrogens is 2. The third-order valence-corrected chi connectivity index (χ3v) is 3.98. The van der Waals surface area contributed by atoms with E-state index in [9.17, 15) is 4.39 Å². The minimum Gasteiger partial charge on any atom is -0.422 e. The van der Waals surface area contributed by atoms with Crippen LogP contribution in [-0.2, 0) is 21.5 Å². The maximum absolute atomic E-state index is 13.8. The molecule has 0 aliphatic carbocycles. The number of methoxy groups -OCH3 is 1. The Bertz CT molecular complexity index is 621. The Balaban J connectivity index is 1.86. The van der Waals surface area contributed by atoms with Crippen LogP contribution in [0.15, 0.2) is 22.6 Å². The first-order valence-corrected chi connectivity index (χ1v) is 6.91. The van der Waals surface area contributed by atoms with Gasteiger partial charge in [-0.15, -0.1) is 10.2 Å². The molecule has 0 spiro atoms. The number of hydrogen-bond donors (Lipinski definition) is 0. The first kappa shape index (κ1) is 14.4. The molecule has 0 radical (unpaired) electrons. The molecular weight excluding hydrogens is 299 g/mol. The number of nitrogens with zero attached hydrogens (tertiary/aromatic N) is 2. The molecule has 7 heteroatoms. The van der Waals surface area contributed by atoms with Crippen LogP contribution in [0.1, 0.15) is 23.8 Å². The van der Waals surface area contributed by atoms with E-state index in [4.69, 9.17) is 25.5 Å². The van der Waals surface area contributed by atoms with E-state index < -0.39 is 11.4 Å². The van der Waals surface area contributed by atoms with Gasteiger partial charge in [-0.25, -0.2) is 4.39 Å². The minimum atomic E-state index is -0.704. The van der Waals surface area contributed by atoms with Crippen molar-refractivity contribution in [2.75, 3.05) is 20.3 Å². The number of hydrogen-bond acceptors (Lipinski definition) is 5. The van der Waals surface area contributed by atoms with Gasteiger partial charge in [-0.05, 0) is 12.1 Å². The van der Waals surface area contributed by atoms with Crippen molar-refractivity contribution in [1.29, 1.82) is 0 Å². The van der Waals surface area contributed by atoms with E-state index >= 15 is 0 Å². The Kier molecular flexibility index (Phi) is 3.93. The SMILES string of the molecule is COC1(c2nnc(Cc3c(F)cccc3Cl)o2)CCOC1. The highest BCUT2D eigenvalue weighted by Gasteiger charge is 2.42. The van der Waals surface area contributed by atoms with Crippen molar-refractivity contribution in [2.45, 2.75) is 18.4 Å². The van der Waals surface area contributed by atoms with Gasteiger partial charge in [-0.3, -0.25) is 0 Å². The second-order valence-corrected chi connectivity index (χ2v) is 5.29. The van der Waals surface area contributed by atoms with Crippen LogP contribution in [0.25, 0.3) is 0 Å². The standard InChI is InChI=1S/C14H14ClFN2O3/c1-19-14(5-6-20-8-14)13-18-17-12(21-13)7-9-10(15)3-2-4-11(9)16/h2-4H,5-8H2,1H3. The van der Waals surface area contributed by atoms with Crippen molar-refractivity contribution < 1.29 is 18.3 Å². The average Bonchev–Trinajstić information content (AvgIpc) is 3.13. The average molecular weight is 313 g/mol. The molecule has 0 saturated carbocycles. The topological polar surface area (TPSA) is 57.4 Å². The summed E-state index contributed by atoms with van der Waals surface area (Å²) in [4.78, 5) is 0. The van der Waals surface area contributed by atoms with E-state index in [1.165, 1.54) is 6.07 Å². The molecule has 2 aromatic rings. The van der Waals surface area contributed by atoms with Gasteiger partial charge >= 0.3 is 0 Å². The second-order valence-electron chi connectivity index (χ2n) is 4.88. The van der Waals surface area contributed by atoms with Gasteiger partial charge in [0.1, 0.15) is 5.82 Å². The fourth-order valence-corrected chi connectivity index (χ4v) is 2.55. The number of halogens is 2. The summed E-state index contributed by atoms with van der Waals surface area (Å²) in [6.07, 6.45) is 0.782. The summed E-state index contributed by atoms with van der Waals surface area (Å²) in [5.41, 5.74) is -0.368. The van der Waals surface area contributed by atoms with E-state index in [0.717, 1.165) is 0 Å². The maximum Gasteiger partial charge on any atom is 0.250 e. The first-order chi connectivity index (χ1) is 10.1. The zero-order valence-electron chi connectivity index (χ0n) is 11.4. The van der Waals surface area contributed by atoms with E-state index in [2.05, 4.69) is 10.2 Å². The Morgan fingerprint density at radius 1 is 1.43 bits per heavy atom. The molecule has 1 atom stereocenters. The van der Waals surface area contributed by atoms with Crippen molar-refractivity contribution in [3.05, 3.63) is 46.4 Å². The fourth-order valence-electron chi connectivity index (χ4n) is 2.32. The van der Waals surface area contributed by atoms with Crippen molar-refractivity contribution >= 4 is 11.6 Å². The summed E-state index contributed by atoms with van der Waals surface area (Å²) in [5, 5.41) is 8.30. The molecule has 1 aliphatic heterocycles. The predicted molar refractivity (Wildman–Crippen MR) is 72.6 cm³/mol. The molecule has 1 saturated heterocycles. The van der Waals surface area contributed by atoms with Crippen molar-refractivity contribution in [1.82, 2.24) is 10.2 Å². The maximum atomic E-state index is 13.8. The smallest absolute Gasteiger partial charge is 0.250 e. The van der Waals surface area contributed by atoms with Crippen LogP contribution in [0.4, 0.5) is 4.39 Å². The molecule has 21 heavy (non-hydrogen) atoms. The number of rotatable bonds is 4. The van der Waals surface area contributed by atoms with Gasteiger partial charge in [-0.1, -0.05) is 17.7 Å². The largest absolute Gasteiger partial charge is 0.422 e.